The Bertz CT molecular complexity index is 818. The van der Waals surface area contributed by atoms with E-state index in [1.165, 1.54) is 19.1 Å². The Labute approximate surface area is 162 Å². The average molecular weight is 396 g/mol. The van der Waals surface area contributed by atoms with Crippen molar-refractivity contribution in [3.8, 4) is 5.75 Å². The Morgan fingerprint density at radius 1 is 1.22 bits per heavy atom. The van der Waals surface area contributed by atoms with Crippen molar-refractivity contribution in [2.45, 2.75) is 27.7 Å². The summed E-state index contributed by atoms with van der Waals surface area (Å²) in [5, 5.41) is 3.46. The highest BCUT2D eigenvalue weighted by Gasteiger charge is 2.24. The number of benzene rings is 1. The molecule has 0 unspecified atom stereocenters. The maximum Gasteiger partial charge on any atom is 0.341 e. The van der Waals surface area contributed by atoms with Crippen LogP contribution in [0.2, 0.25) is 0 Å². The van der Waals surface area contributed by atoms with Gasteiger partial charge in [-0.3, -0.25) is 4.79 Å². The van der Waals surface area contributed by atoms with Gasteiger partial charge in [-0.15, -0.1) is 11.3 Å². The fourth-order valence-electron chi connectivity index (χ4n) is 2.72. The molecular formula is C19H25FN2O4S. The highest BCUT2D eigenvalue weighted by atomic mass is 32.1. The third kappa shape index (κ3) is 4.95. The second-order valence-corrected chi connectivity index (χ2v) is 6.86. The number of esters is 1. The van der Waals surface area contributed by atoms with Crippen molar-refractivity contribution in [1.82, 2.24) is 4.90 Å². The summed E-state index contributed by atoms with van der Waals surface area (Å²) in [5.74, 6) is -1.30. The number of amides is 1. The van der Waals surface area contributed by atoms with Gasteiger partial charge in [0.15, 0.2) is 11.6 Å². The van der Waals surface area contributed by atoms with Crippen LogP contribution in [0.3, 0.4) is 0 Å². The van der Waals surface area contributed by atoms with Crippen LogP contribution in [0, 0.1) is 5.82 Å². The van der Waals surface area contributed by atoms with Gasteiger partial charge in [0.25, 0.3) is 0 Å². The highest BCUT2D eigenvalue weighted by Crippen LogP contribution is 2.42. The molecule has 0 aliphatic rings. The van der Waals surface area contributed by atoms with E-state index in [0.29, 0.717) is 28.2 Å². The molecule has 0 saturated heterocycles. The number of nitrogens with zero attached hydrogens (tertiary/aromatic N) is 1. The lowest BCUT2D eigenvalue weighted by Crippen LogP contribution is -2.28. The van der Waals surface area contributed by atoms with Gasteiger partial charge in [0.2, 0.25) is 5.91 Å². The minimum atomic E-state index is -0.562. The van der Waals surface area contributed by atoms with Gasteiger partial charge in [-0.2, -0.15) is 0 Å². The second kappa shape index (κ2) is 9.66. The van der Waals surface area contributed by atoms with Crippen LogP contribution in [0.5, 0.6) is 5.75 Å². The standard InChI is InChI=1S/C19H25FN2O4S/c1-5-22(6-2)10-11-26-16-14(20)9-8-13-15(19(24)25-7-3)18(21-12(4)23)27-17(13)16/h8-9H,5-7,10-11H2,1-4H3,(H,21,23). The van der Waals surface area contributed by atoms with E-state index in [4.69, 9.17) is 9.47 Å². The first-order valence-corrected chi connectivity index (χ1v) is 9.79. The molecule has 0 atom stereocenters. The maximum atomic E-state index is 14.4. The lowest BCUT2D eigenvalue weighted by atomic mass is 10.1. The number of hydrogen-bond donors (Lipinski definition) is 1. The van der Waals surface area contributed by atoms with Gasteiger partial charge in [0.1, 0.15) is 17.2 Å². The molecule has 1 heterocycles. The number of ether oxygens (including phenoxy) is 2. The zero-order valence-electron chi connectivity index (χ0n) is 16.1. The van der Waals surface area contributed by atoms with Crippen molar-refractivity contribution in [2.75, 3.05) is 38.2 Å². The molecule has 1 aromatic heterocycles. The summed E-state index contributed by atoms with van der Waals surface area (Å²) in [6.45, 7) is 10.1. The summed E-state index contributed by atoms with van der Waals surface area (Å²) in [4.78, 5) is 26.1. The number of halogens is 1. The van der Waals surface area contributed by atoms with Crippen molar-refractivity contribution < 1.29 is 23.5 Å². The van der Waals surface area contributed by atoms with Crippen LogP contribution in [-0.2, 0) is 9.53 Å². The topological polar surface area (TPSA) is 67.9 Å². The Kier molecular flexibility index (Phi) is 7.55. The number of carbonyl (C=O) groups excluding carboxylic acids is 2. The molecule has 0 fully saturated rings. The number of anilines is 1. The average Bonchev–Trinajstić information content (AvgIpc) is 2.98. The first-order chi connectivity index (χ1) is 12.9. The van der Waals surface area contributed by atoms with E-state index < -0.39 is 11.8 Å². The van der Waals surface area contributed by atoms with Crippen LogP contribution in [0.15, 0.2) is 12.1 Å². The molecule has 1 amide bonds. The molecule has 2 aromatic rings. The largest absolute Gasteiger partial charge is 0.488 e. The van der Waals surface area contributed by atoms with Crippen LogP contribution in [0.1, 0.15) is 38.1 Å². The molecule has 0 radical (unpaired) electrons. The normalized spacial score (nSPS) is 11.0. The first kappa shape index (κ1) is 21.1. The van der Waals surface area contributed by atoms with E-state index >= 15 is 0 Å². The molecule has 1 aromatic carbocycles. The van der Waals surface area contributed by atoms with Crippen LogP contribution < -0.4 is 10.1 Å². The molecule has 1 N–H and O–H groups in total. The molecular weight excluding hydrogens is 371 g/mol. The number of fused-ring (bicyclic) bond motifs is 1. The molecule has 0 spiro atoms. The van der Waals surface area contributed by atoms with E-state index in [0.717, 1.165) is 24.4 Å². The van der Waals surface area contributed by atoms with Crippen molar-refractivity contribution >= 4 is 38.3 Å². The van der Waals surface area contributed by atoms with Crippen LogP contribution >= 0.6 is 11.3 Å². The Morgan fingerprint density at radius 2 is 1.93 bits per heavy atom. The van der Waals surface area contributed by atoms with Crippen molar-refractivity contribution in [3.63, 3.8) is 0 Å². The van der Waals surface area contributed by atoms with Crippen molar-refractivity contribution in [1.29, 1.82) is 0 Å². The quantitative estimate of drug-likeness (QED) is 0.651. The SMILES string of the molecule is CCOC(=O)c1c(NC(C)=O)sc2c(OCCN(CC)CC)c(F)ccc12. The molecule has 148 valence electrons. The zero-order chi connectivity index (χ0) is 20.0. The summed E-state index contributed by atoms with van der Waals surface area (Å²) in [7, 11) is 0. The molecule has 0 bridgehead atoms. The fourth-order valence-corrected chi connectivity index (χ4v) is 3.94. The number of hydrogen-bond acceptors (Lipinski definition) is 6. The van der Waals surface area contributed by atoms with Crippen molar-refractivity contribution in [2.24, 2.45) is 0 Å². The maximum absolute atomic E-state index is 14.4. The predicted octanol–water partition coefficient (Wildman–Crippen LogP) is 3.90. The minimum absolute atomic E-state index is 0.0896. The predicted molar refractivity (Wildman–Crippen MR) is 105 cm³/mol. The number of likely N-dealkylation sites (N-methyl/N-ethyl adjacent to an activating group) is 1. The van der Waals surface area contributed by atoms with Crippen LogP contribution in [-0.4, -0.2) is 49.6 Å². The molecule has 0 saturated carbocycles. The Morgan fingerprint density at radius 3 is 2.52 bits per heavy atom. The molecule has 8 heteroatoms. The molecule has 0 aliphatic heterocycles. The van der Waals surface area contributed by atoms with Gasteiger partial charge in [0, 0.05) is 18.9 Å². The lowest BCUT2D eigenvalue weighted by Gasteiger charge is -2.18. The van der Waals surface area contributed by atoms with Gasteiger partial charge in [-0.05, 0) is 32.1 Å². The number of thiophene rings is 1. The molecule has 0 aliphatic carbocycles. The van der Waals surface area contributed by atoms with Gasteiger partial charge >= 0.3 is 5.97 Å². The fraction of sp³-hybridized carbons (Fsp3) is 0.474. The van der Waals surface area contributed by atoms with Gasteiger partial charge < -0.3 is 19.7 Å². The van der Waals surface area contributed by atoms with E-state index in [9.17, 15) is 14.0 Å². The summed E-state index contributed by atoms with van der Waals surface area (Å²) < 4.78 is 25.7. The third-order valence-electron chi connectivity index (χ3n) is 4.08. The number of rotatable bonds is 9. The molecule has 27 heavy (non-hydrogen) atoms. The van der Waals surface area contributed by atoms with Crippen LogP contribution in [0.4, 0.5) is 9.39 Å². The van der Waals surface area contributed by atoms with E-state index in [-0.39, 0.29) is 23.8 Å². The number of carbonyl (C=O) groups is 2. The van der Waals surface area contributed by atoms with E-state index in [2.05, 4.69) is 24.1 Å². The van der Waals surface area contributed by atoms with Crippen LogP contribution in [0.25, 0.3) is 10.1 Å². The highest BCUT2D eigenvalue weighted by molar-refractivity contribution is 7.23. The Balaban J connectivity index is 2.44. The summed E-state index contributed by atoms with van der Waals surface area (Å²) in [6.07, 6.45) is 0. The smallest absolute Gasteiger partial charge is 0.341 e. The zero-order valence-corrected chi connectivity index (χ0v) is 16.9. The van der Waals surface area contributed by atoms with Gasteiger partial charge in [-0.25, -0.2) is 9.18 Å². The summed E-state index contributed by atoms with van der Waals surface area (Å²) in [5.41, 5.74) is 0.223. The third-order valence-corrected chi connectivity index (χ3v) is 5.20. The van der Waals surface area contributed by atoms with E-state index in [1.54, 1.807) is 6.92 Å². The summed E-state index contributed by atoms with van der Waals surface area (Å²) in [6, 6.07) is 2.78. The van der Waals surface area contributed by atoms with Gasteiger partial charge in [0.05, 0.1) is 11.3 Å². The van der Waals surface area contributed by atoms with Gasteiger partial charge in [-0.1, -0.05) is 13.8 Å². The second-order valence-electron chi connectivity index (χ2n) is 5.84. The molecule has 2 rings (SSSR count). The Hall–Kier alpha value is -2.19. The lowest BCUT2D eigenvalue weighted by molar-refractivity contribution is -0.114. The van der Waals surface area contributed by atoms with Crippen molar-refractivity contribution in [3.05, 3.63) is 23.5 Å². The summed E-state index contributed by atoms with van der Waals surface area (Å²) >= 11 is 1.11. The van der Waals surface area contributed by atoms with E-state index in [1.807, 2.05) is 0 Å². The molecule has 6 nitrogen and oxygen atoms in total. The monoisotopic (exact) mass is 396 g/mol. The number of nitrogens with one attached hydrogen (secondary N) is 1. The first-order valence-electron chi connectivity index (χ1n) is 8.97. The minimum Gasteiger partial charge on any atom is -0.488 e.